The summed E-state index contributed by atoms with van der Waals surface area (Å²) in [6.45, 7) is 9.04. The van der Waals surface area contributed by atoms with Crippen LogP contribution < -0.4 is 20.9 Å². The Balaban J connectivity index is 1.34. The van der Waals surface area contributed by atoms with Crippen LogP contribution in [0.15, 0.2) is 121 Å². The summed E-state index contributed by atoms with van der Waals surface area (Å²) in [4.78, 5) is 0. The molecule has 4 N–H and O–H groups in total. The zero-order chi connectivity index (χ0) is 28.3. The van der Waals surface area contributed by atoms with Gasteiger partial charge in [-0.2, -0.15) is 0 Å². The van der Waals surface area contributed by atoms with Crippen molar-refractivity contribution in [3.8, 4) is 23.0 Å². The topological polar surface area (TPSA) is 70.5 Å². The highest BCUT2D eigenvalue weighted by atomic mass is 16.5. The number of ether oxygens (including phenoxy) is 2. The number of nitrogen functional groups attached to an aromatic ring is 2. The van der Waals surface area contributed by atoms with Crippen LogP contribution in [0.25, 0.3) is 0 Å². The van der Waals surface area contributed by atoms with E-state index in [9.17, 15) is 0 Å². The van der Waals surface area contributed by atoms with Crippen LogP contribution in [0.1, 0.15) is 49.9 Å². The predicted molar refractivity (Wildman–Crippen MR) is 165 cm³/mol. The minimum absolute atomic E-state index is 0.197. The van der Waals surface area contributed by atoms with Gasteiger partial charge < -0.3 is 20.9 Å². The van der Waals surface area contributed by atoms with Crippen molar-refractivity contribution >= 4 is 11.4 Å². The molecule has 5 aromatic rings. The average molecular weight is 529 g/mol. The lowest BCUT2D eigenvalue weighted by atomic mass is 9.73. The van der Waals surface area contributed by atoms with Crippen molar-refractivity contribution in [3.05, 3.63) is 144 Å². The lowest BCUT2D eigenvalue weighted by Gasteiger charge is -2.31. The Morgan fingerprint density at radius 2 is 0.775 bits per heavy atom. The Labute approximate surface area is 237 Å². The van der Waals surface area contributed by atoms with Gasteiger partial charge in [-0.3, -0.25) is 0 Å². The Morgan fingerprint density at radius 3 is 1.15 bits per heavy atom. The molecular formula is C36H36N2O2. The van der Waals surface area contributed by atoms with Gasteiger partial charge in [0.15, 0.2) is 0 Å². The molecule has 0 aliphatic carbocycles. The molecular weight excluding hydrogens is 492 g/mol. The van der Waals surface area contributed by atoms with Crippen molar-refractivity contribution < 1.29 is 9.47 Å². The van der Waals surface area contributed by atoms with E-state index in [-0.39, 0.29) is 10.8 Å². The molecule has 0 atom stereocenters. The second-order valence-electron chi connectivity index (χ2n) is 11.2. The van der Waals surface area contributed by atoms with Crippen molar-refractivity contribution in [3.63, 3.8) is 0 Å². The number of hydrogen-bond acceptors (Lipinski definition) is 4. The van der Waals surface area contributed by atoms with E-state index in [2.05, 4.69) is 76.2 Å². The molecule has 0 unspecified atom stereocenters. The predicted octanol–water partition coefficient (Wildman–Crippen LogP) is 9.09. The largest absolute Gasteiger partial charge is 0.457 e. The number of rotatable bonds is 8. The summed E-state index contributed by atoms with van der Waals surface area (Å²) in [7, 11) is 0. The van der Waals surface area contributed by atoms with Crippen molar-refractivity contribution in [2.24, 2.45) is 0 Å². The highest BCUT2D eigenvalue weighted by Crippen LogP contribution is 2.38. The molecule has 4 nitrogen and oxygen atoms in total. The molecule has 202 valence electrons. The molecule has 0 aliphatic heterocycles. The Kier molecular flexibility index (Phi) is 7.27. The number of nitrogens with two attached hydrogens (primary N) is 2. The summed E-state index contributed by atoms with van der Waals surface area (Å²) < 4.78 is 12.0. The van der Waals surface area contributed by atoms with Gasteiger partial charge in [-0.15, -0.1) is 0 Å². The molecule has 0 spiro atoms. The Bertz CT molecular complexity index is 1490. The van der Waals surface area contributed by atoms with E-state index in [1.165, 1.54) is 22.3 Å². The van der Waals surface area contributed by atoms with E-state index in [1.807, 2.05) is 72.8 Å². The fourth-order valence-corrected chi connectivity index (χ4v) is 4.94. The van der Waals surface area contributed by atoms with Crippen LogP contribution in [-0.4, -0.2) is 0 Å². The average Bonchev–Trinajstić information content (AvgIpc) is 2.94. The maximum Gasteiger partial charge on any atom is 0.129 e. The first-order valence-electron chi connectivity index (χ1n) is 13.5. The maximum absolute atomic E-state index is 6.00. The second kappa shape index (κ2) is 10.8. The molecule has 40 heavy (non-hydrogen) atoms. The highest BCUT2D eigenvalue weighted by Gasteiger charge is 2.28. The van der Waals surface area contributed by atoms with Crippen molar-refractivity contribution in [2.45, 2.75) is 38.5 Å². The zero-order valence-electron chi connectivity index (χ0n) is 23.5. The van der Waals surface area contributed by atoms with Crippen molar-refractivity contribution in [1.29, 1.82) is 0 Å². The molecule has 0 amide bonds. The molecule has 0 radical (unpaired) electrons. The minimum Gasteiger partial charge on any atom is -0.457 e. The van der Waals surface area contributed by atoms with Crippen LogP contribution >= 0.6 is 0 Å². The summed E-state index contributed by atoms with van der Waals surface area (Å²) >= 11 is 0. The number of hydrogen-bond donors (Lipinski definition) is 2. The van der Waals surface area contributed by atoms with Gasteiger partial charge in [0.05, 0.1) is 0 Å². The third-order valence-corrected chi connectivity index (χ3v) is 7.65. The van der Waals surface area contributed by atoms with Gasteiger partial charge in [-0.1, -0.05) is 88.4 Å². The van der Waals surface area contributed by atoms with Crippen LogP contribution in [0.3, 0.4) is 0 Å². The summed E-state index contributed by atoms with van der Waals surface area (Å²) in [5, 5.41) is 0. The molecule has 0 aromatic heterocycles. The van der Waals surface area contributed by atoms with Gasteiger partial charge in [-0.25, -0.2) is 0 Å². The Hall–Kier alpha value is -4.70. The van der Waals surface area contributed by atoms with Crippen LogP contribution in [0, 0.1) is 0 Å². The van der Waals surface area contributed by atoms with Crippen LogP contribution in [0.4, 0.5) is 11.4 Å². The van der Waals surface area contributed by atoms with Gasteiger partial charge in [0.2, 0.25) is 0 Å². The molecule has 0 heterocycles. The molecule has 0 fully saturated rings. The third-order valence-electron chi connectivity index (χ3n) is 7.65. The lowest BCUT2D eigenvalue weighted by molar-refractivity contribution is 0.482. The highest BCUT2D eigenvalue weighted by molar-refractivity contribution is 5.49. The smallest absolute Gasteiger partial charge is 0.129 e. The van der Waals surface area contributed by atoms with Gasteiger partial charge in [0.25, 0.3) is 0 Å². The number of anilines is 2. The molecule has 0 saturated carbocycles. The van der Waals surface area contributed by atoms with E-state index < -0.39 is 0 Å². The fourth-order valence-electron chi connectivity index (χ4n) is 4.94. The first-order valence-corrected chi connectivity index (χ1v) is 13.5. The van der Waals surface area contributed by atoms with Crippen molar-refractivity contribution in [1.82, 2.24) is 0 Å². The van der Waals surface area contributed by atoms with E-state index >= 15 is 0 Å². The van der Waals surface area contributed by atoms with E-state index in [4.69, 9.17) is 20.9 Å². The zero-order valence-corrected chi connectivity index (χ0v) is 23.5. The van der Waals surface area contributed by atoms with Crippen LogP contribution in [0.5, 0.6) is 23.0 Å². The van der Waals surface area contributed by atoms with Gasteiger partial charge in [0, 0.05) is 34.3 Å². The molecule has 4 heteroatoms. The Morgan fingerprint density at radius 1 is 0.400 bits per heavy atom. The van der Waals surface area contributed by atoms with Crippen LogP contribution in [-0.2, 0) is 10.8 Å². The summed E-state index contributed by atoms with van der Waals surface area (Å²) in [6.07, 6.45) is 0. The molecule has 0 aliphatic rings. The third kappa shape index (κ3) is 5.81. The van der Waals surface area contributed by atoms with E-state index in [1.54, 1.807) is 0 Å². The van der Waals surface area contributed by atoms with Gasteiger partial charge in [0.1, 0.15) is 23.0 Å². The quantitative estimate of drug-likeness (QED) is 0.197. The second-order valence-corrected chi connectivity index (χ2v) is 11.2. The summed E-state index contributed by atoms with van der Waals surface area (Å²) in [6, 6.07) is 40.4. The minimum atomic E-state index is -0.197. The lowest BCUT2D eigenvalue weighted by Crippen LogP contribution is -2.22. The van der Waals surface area contributed by atoms with E-state index in [0.29, 0.717) is 11.4 Å². The fraction of sp³-hybridized carbons (Fsp3) is 0.167. The maximum atomic E-state index is 6.00. The van der Waals surface area contributed by atoms with Gasteiger partial charge >= 0.3 is 0 Å². The summed E-state index contributed by atoms with van der Waals surface area (Å²) in [5.74, 6) is 3.02. The van der Waals surface area contributed by atoms with Crippen LogP contribution in [0.2, 0.25) is 0 Å². The number of benzene rings is 5. The molecule has 5 aromatic carbocycles. The first kappa shape index (κ1) is 26.9. The first-order chi connectivity index (χ1) is 19.1. The SMILES string of the molecule is CC(C)(c1ccc(Oc2cccc(N)c2)cc1)c1cccc(C(C)(C)c2ccc(Oc3cccc(N)c3)cc2)c1. The monoisotopic (exact) mass is 528 g/mol. The van der Waals surface area contributed by atoms with Gasteiger partial charge in [-0.05, 0) is 70.8 Å². The molecule has 0 bridgehead atoms. The summed E-state index contributed by atoms with van der Waals surface area (Å²) in [5.41, 5.74) is 17.7. The van der Waals surface area contributed by atoms with E-state index in [0.717, 1.165) is 23.0 Å². The molecule has 5 rings (SSSR count). The molecule has 0 saturated heterocycles. The van der Waals surface area contributed by atoms with Crippen molar-refractivity contribution in [2.75, 3.05) is 11.5 Å². The normalized spacial score (nSPS) is 11.7. The standard InChI is InChI=1S/C36H36N2O2/c1-35(2,25-14-18-31(19-15-25)39-33-12-6-10-29(37)23-33)27-8-5-9-28(22-27)36(3,4)26-16-20-32(21-17-26)40-34-13-7-11-30(38)24-34/h5-24H,37-38H2,1-4H3.